The third-order valence-corrected chi connectivity index (χ3v) is 9.98. The molecular formula is C19H29N5O4S2. The molecule has 0 aromatic carbocycles. The second kappa shape index (κ2) is 7.97. The summed E-state index contributed by atoms with van der Waals surface area (Å²) < 4.78 is 28.4. The predicted octanol–water partition coefficient (Wildman–Crippen LogP) is 0.834. The van der Waals surface area contributed by atoms with Crippen LogP contribution in [0, 0.1) is 17.2 Å². The van der Waals surface area contributed by atoms with Crippen LogP contribution >= 0.6 is 11.8 Å². The zero-order chi connectivity index (χ0) is 21.7. The Labute approximate surface area is 182 Å². The second-order valence-electron chi connectivity index (χ2n) is 8.78. The van der Waals surface area contributed by atoms with Crippen molar-refractivity contribution >= 4 is 33.7 Å². The highest BCUT2D eigenvalue weighted by atomic mass is 32.2. The number of nitrogens with one attached hydrogen (secondary N) is 2. The molecule has 166 valence electrons. The Morgan fingerprint density at radius 1 is 1.33 bits per heavy atom. The Bertz CT molecular complexity index is 869. The number of imide groups is 1. The van der Waals surface area contributed by atoms with E-state index in [-0.39, 0.29) is 35.0 Å². The number of sulfonamides is 1. The van der Waals surface area contributed by atoms with Crippen LogP contribution in [-0.2, 0) is 14.8 Å². The third kappa shape index (κ3) is 3.95. The number of fused-ring (bicyclic) bond motifs is 1. The van der Waals surface area contributed by atoms with Crippen LogP contribution in [0.1, 0.15) is 46.0 Å². The summed E-state index contributed by atoms with van der Waals surface area (Å²) in [6.45, 7) is 5.51. The molecule has 3 amide bonds. The maximum Gasteiger partial charge on any atom is 0.327 e. The number of amides is 3. The van der Waals surface area contributed by atoms with Crippen LogP contribution in [-0.4, -0.2) is 77.2 Å². The second-order valence-corrected chi connectivity index (χ2v) is 12.4. The van der Waals surface area contributed by atoms with E-state index in [0.29, 0.717) is 38.8 Å². The molecule has 4 rings (SSSR count). The Morgan fingerprint density at radius 3 is 2.63 bits per heavy atom. The van der Waals surface area contributed by atoms with Crippen molar-refractivity contribution in [2.75, 3.05) is 19.6 Å². The van der Waals surface area contributed by atoms with E-state index in [9.17, 15) is 23.3 Å². The highest BCUT2D eigenvalue weighted by molar-refractivity contribution is 8.00. The van der Waals surface area contributed by atoms with Crippen molar-refractivity contribution in [2.24, 2.45) is 5.92 Å². The zero-order valence-electron chi connectivity index (χ0n) is 17.3. The lowest BCUT2D eigenvalue weighted by Gasteiger charge is -2.48. The molecule has 4 fully saturated rings. The van der Waals surface area contributed by atoms with Crippen molar-refractivity contribution in [3.8, 4) is 6.07 Å². The van der Waals surface area contributed by atoms with Gasteiger partial charge in [-0.1, -0.05) is 0 Å². The minimum atomic E-state index is -3.71. The molecule has 2 saturated carbocycles. The van der Waals surface area contributed by atoms with Gasteiger partial charge in [-0.15, -0.1) is 11.8 Å². The van der Waals surface area contributed by atoms with Crippen molar-refractivity contribution < 1.29 is 18.0 Å². The lowest BCUT2D eigenvalue weighted by Crippen LogP contribution is -2.64. The van der Waals surface area contributed by atoms with Crippen molar-refractivity contribution in [3.05, 3.63) is 0 Å². The summed E-state index contributed by atoms with van der Waals surface area (Å²) >= 11 is 1.71. The molecule has 0 radical (unpaired) electrons. The van der Waals surface area contributed by atoms with Crippen molar-refractivity contribution in [1.29, 1.82) is 5.26 Å². The smallest absolute Gasteiger partial charge is 0.321 e. The average Bonchev–Trinajstić information content (AvgIpc) is 3.36. The van der Waals surface area contributed by atoms with E-state index in [4.69, 9.17) is 0 Å². The highest BCUT2D eigenvalue weighted by Gasteiger charge is 2.53. The number of nitrogens with zero attached hydrogens (tertiary/aromatic N) is 3. The Balaban J connectivity index is 1.51. The quantitative estimate of drug-likeness (QED) is 0.608. The monoisotopic (exact) mass is 455 g/mol. The molecule has 2 N–H and O–H groups in total. The SMILES string of the molecule is CCN1C(=O)N(CC2CNC(C)S2)C(=O)C2CC(S(=O)(=O)NC3(C#N)CC3)CCC21. The first-order valence-electron chi connectivity index (χ1n) is 10.6. The maximum absolute atomic E-state index is 13.3. The van der Waals surface area contributed by atoms with Gasteiger partial charge >= 0.3 is 6.03 Å². The zero-order valence-corrected chi connectivity index (χ0v) is 19.0. The summed E-state index contributed by atoms with van der Waals surface area (Å²) in [5, 5.41) is 12.3. The molecule has 5 unspecified atom stereocenters. The van der Waals surface area contributed by atoms with Crippen molar-refractivity contribution in [3.63, 3.8) is 0 Å². The first kappa shape index (κ1) is 21.9. The lowest BCUT2D eigenvalue weighted by molar-refractivity contribution is -0.140. The lowest BCUT2D eigenvalue weighted by atomic mass is 9.80. The van der Waals surface area contributed by atoms with Gasteiger partial charge in [0.25, 0.3) is 0 Å². The summed E-state index contributed by atoms with van der Waals surface area (Å²) in [6.07, 6.45) is 2.10. The van der Waals surface area contributed by atoms with Gasteiger partial charge in [-0.05, 0) is 46.0 Å². The van der Waals surface area contributed by atoms with Crippen LogP contribution in [0.2, 0.25) is 0 Å². The molecule has 0 bridgehead atoms. The molecule has 30 heavy (non-hydrogen) atoms. The first-order valence-corrected chi connectivity index (χ1v) is 13.1. The van der Waals surface area contributed by atoms with E-state index in [1.165, 1.54) is 4.90 Å². The standard InChI is InChI=1S/C19H29N5O4S2/c1-3-23-16-5-4-14(30(27,28)22-19(11-20)6-7-19)8-15(16)17(25)24(18(23)26)10-13-9-21-12(2)29-13/h12-16,21-22H,3-10H2,1-2H3. The van der Waals surface area contributed by atoms with Crippen LogP contribution < -0.4 is 10.0 Å². The molecule has 2 aliphatic heterocycles. The van der Waals surface area contributed by atoms with Gasteiger partial charge in [0.15, 0.2) is 0 Å². The normalized spacial score (nSPS) is 35.8. The van der Waals surface area contributed by atoms with Gasteiger partial charge in [0.1, 0.15) is 5.54 Å². The number of nitriles is 1. The van der Waals surface area contributed by atoms with Crippen LogP contribution in [0.15, 0.2) is 0 Å². The minimum absolute atomic E-state index is 0.137. The molecule has 0 aromatic heterocycles. The Kier molecular flexibility index (Phi) is 5.81. The molecule has 4 aliphatic rings. The van der Waals surface area contributed by atoms with Crippen molar-refractivity contribution in [2.45, 2.75) is 73.4 Å². The van der Waals surface area contributed by atoms with Gasteiger partial charge in [-0.3, -0.25) is 9.69 Å². The Hall–Kier alpha value is -1.35. The number of urea groups is 1. The molecule has 2 saturated heterocycles. The summed E-state index contributed by atoms with van der Waals surface area (Å²) in [5.41, 5.74) is -0.965. The molecule has 11 heteroatoms. The largest absolute Gasteiger partial charge is 0.327 e. The summed E-state index contributed by atoms with van der Waals surface area (Å²) in [6, 6.07) is 1.55. The minimum Gasteiger partial charge on any atom is -0.321 e. The van der Waals surface area contributed by atoms with Crippen LogP contribution in [0.25, 0.3) is 0 Å². The summed E-state index contributed by atoms with van der Waals surface area (Å²) in [5.74, 6) is -0.775. The van der Waals surface area contributed by atoms with Gasteiger partial charge in [0.2, 0.25) is 15.9 Å². The number of carbonyl (C=O) groups excluding carboxylic acids is 2. The molecule has 5 atom stereocenters. The van der Waals surface area contributed by atoms with E-state index in [2.05, 4.69) is 23.0 Å². The molecule has 2 aliphatic carbocycles. The molecule has 0 spiro atoms. The number of carbonyl (C=O) groups is 2. The molecule has 9 nitrogen and oxygen atoms in total. The molecular weight excluding hydrogens is 426 g/mol. The number of hydrogen-bond donors (Lipinski definition) is 2. The first-order chi connectivity index (χ1) is 14.2. The van der Waals surface area contributed by atoms with E-state index >= 15 is 0 Å². The van der Waals surface area contributed by atoms with Gasteiger partial charge < -0.3 is 10.2 Å². The summed E-state index contributed by atoms with van der Waals surface area (Å²) in [4.78, 5) is 29.4. The fourth-order valence-electron chi connectivity index (χ4n) is 4.88. The van der Waals surface area contributed by atoms with Crippen LogP contribution in [0.3, 0.4) is 0 Å². The van der Waals surface area contributed by atoms with Gasteiger partial charge in [-0.2, -0.15) is 9.98 Å². The molecule has 2 heterocycles. The van der Waals surface area contributed by atoms with E-state index in [1.807, 2.05) is 6.92 Å². The molecule has 0 aromatic rings. The fourth-order valence-corrected chi connectivity index (χ4v) is 7.94. The van der Waals surface area contributed by atoms with E-state index < -0.39 is 26.7 Å². The van der Waals surface area contributed by atoms with Crippen LogP contribution in [0.4, 0.5) is 4.79 Å². The fraction of sp³-hybridized carbons (Fsp3) is 0.842. The maximum atomic E-state index is 13.3. The Morgan fingerprint density at radius 2 is 2.07 bits per heavy atom. The van der Waals surface area contributed by atoms with E-state index in [0.717, 1.165) is 6.54 Å². The topological polar surface area (TPSA) is 123 Å². The van der Waals surface area contributed by atoms with Gasteiger partial charge in [0.05, 0.1) is 22.6 Å². The number of thioether (sulfide) groups is 1. The summed E-state index contributed by atoms with van der Waals surface area (Å²) in [7, 11) is -3.71. The van der Waals surface area contributed by atoms with E-state index in [1.54, 1.807) is 16.7 Å². The van der Waals surface area contributed by atoms with Gasteiger partial charge in [-0.25, -0.2) is 13.2 Å². The number of rotatable bonds is 6. The van der Waals surface area contributed by atoms with Crippen molar-refractivity contribution in [1.82, 2.24) is 19.8 Å². The van der Waals surface area contributed by atoms with Crippen LogP contribution in [0.5, 0.6) is 0 Å². The predicted molar refractivity (Wildman–Crippen MR) is 113 cm³/mol. The van der Waals surface area contributed by atoms with Gasteiger partial charge in [0, 0.05) is 30.9 Å². The number of hydrogen-bond acceptors (Lipinski definition) is 7. The highest BCUT2D eigenvalue weighted by Crippen LogP contribution is 2.40. The third-order valence-electron chi connectivity index (χ3n) is 6.72. The average molecular weight is 456 g/mol.